The molecule has 0 aromatic heterocycles. The standard InChI is InChI=1S/C19H32N4O/c1-4-23-13-7-10-17(23)15-22-19(20-2)21-12-6-9-16-8-5-11-18(14-16)24-3/h5,8,11,14,17H,4,6-7,9-10,12-13,15H2,1-3H3,(H2,20,21,22). The van der Waals surface area contributed by atoms with E-state index < -0.39 is 0 Å². The highest BCUT2D eigenvalue weighted by atomic mass is 16.5. The van der Waals surface area contributed by atoms with Gasteiger partial charge in [0.05, 0.1) is 7.11 Å². The van der Waals surface area contributed by atoms with Crippen molar-refractivity contribution >= 4 is 5.96 Å². The molecule has 1 fully saturated rings. The number of nitrogens with zero attached hydrogens (tertiary/aromatic N) is 2. The number of aliphatic imine (C=N–C) groups is 1. The molecule has 1 saturated heterocycles. The second-order valence-electron chi connectivity index (χ2n) is 6.26. The average Bonchev–Trinajstić information content (AvgIpc) is 3.09. The van der Waals surface area contributed by atoms with E-state index in [1.54, 1.807) is 7.11 Å². The summed E-state index contributed by atoms with van der Waals surface area (Å²) in [5.41, 5.74) is 1.31. The molecule has 1 aliphatic heterocycles. The molecule has 134 valence electrons. The number of nitrogens with one attached hydrogen (secondary N) is 2. The summed E-state index contributed by atoms with van der Waals surface area (Å²) in [5.74, 6) is 1.83. The van der Waals surface area contributed by atoms with Gasteiger partial charge < -0.3 is 15.4 Å². The van der Waals surface area contributed by atoms with Crippen LogP contribution in [0.15, 0.2) is 29.3 Å². The SMILES string of the molecule is CCN1CCCC1CNC(=NC)NCCCc1cccc(OC)c1. The number of likely N-dealkylation sites (N-methyl/N-ethyl adjacent to an activating group) is 1. The van der Waals surface area contributed by atoms with Crippen molar-refractivity contribution in [3.8, 4) is 5.75 Å². The van der Waals surface area contributed by atoms with E-state index in [1.165, 1.54) is 24.9 Å². The largest absolute Gasteiger partial charge is 0.497 e. The summed E-state index contributed by atoms with van der Waals surface area (Å²) in [6.07, 6.45) is 4.70. The number of ether oxygens (including phenoxy) is 1. The summed E-state index contributed by atoms with van der Waals surface area (Å²) in [6, 6.07) is 8.92. The molecule has 0 bridgehead atoms. The van der Waals surface area contributed by atoms with Gasteiger partial charge in [-0.2, -0.15) is 0 Å². The molecule has 5 heteroatoms. The molecule has 5 nitrogen and oxygen atoms in total. The first-order valence-corrected chi connectivity index (χ1v) is 9.08. The summed E-state index contributed by atoms with van der Waals surface area (Å²) in [4.78, 5) is 6.87. The van der Waals surface area contributed by atoms with Crippen LogP contribution in [0.1, 0.15) is 31.7 Å². The van der Waals surface area contributed by atoms with Crippen LogP contribution < -0.4 is 15.4 Å². The maximum absolute atomic E-state index is 5.27. The van der Waals surface area contributed by atoms with Crippen molar-refractivity contribution in [1.29, 1.82) is 0 Å². The second kappa shape index (κ2) is 10.2. The minimum absolute atomic E-state index is 0.644. The summed E-state index contributed by atoms with van der Waals surface area (Å²) in [6.45, 7) is 6.50. The molecule has 24 heavy (non-hydrogen) atoms. The molecule has 1 atom stereocenters. The predicted octanol–water partition coefficient (Wildman–Crippen LogP) is 2.28. The lowest BCUT2D eigenvalue weighted by Gasteiger charge is -2.24. The van der Waals surface area contributed by atoms with Crippen molar-refractivity contribution in [2.45, 2.75) is 38.6 Å². The smallest absolute Gasteiger partial charge is 0.191 e. The molecule has 0 amide bonds. The Morgan fingerprint density at radius 3 is 3.00 bits per heavy atom. The van der Waals surface area contributed by atoms with Gasteiger partial charge in [0.2, 0.25) is 0 Å². The van der Waals surface area contributed by atoms with Crippen molar-refractivity contribution < 1.29 is 4.74 Å². The Kier molecular flexibility index (Phi) is 7.89. The fraction of sp³-hybridized carbons (Fsp3) is 0.632. The summed E-state index contributed by atoms with van der Waals surface area (Å²) in [5, 5.41) is 6.88. The Morgan fingerprint density at radius 2 is 2.25 bits per heavy atom. The molecule has 0 aliphatic carbocycles. The van der Waals surface area contributed by atoms with Crippen molar-refractivity contribution in [3.05, 3.63) is 29.8 Å². The lowest BCUT2D eigenvalue weighted by atomic mass is 10.1. The van der Waals surface area contributed by atoms with Crippen LogP contribution in [-0.2, 0) is 6.42 Å². The normalized spacial score (nSPS) is 18.6. The lowest BCUT2D eigenvalue weighted by molar-refractivity contribution is 0.267. The quantitative estimate of drug-likeness (QED) is 0.436. The molecular weight excluding hydrogens is 300 g/mol. The van der Waals surface area contributed by atoms with Gasteiger partial charge in [0.1, 0.15) is 5.75 Å². The Morgan fingerprint density at radius 1 is 1.38 bits per heavy atom. The molecule has 0 saturated carbocycles. The van der Waals surface area contributed by atoms with E-state index in [9.17, 15) is 0 Å². The van der Waals surface area contributed by atoms with Crippen LogP contribution in [-0.4, -0.2) is 57.2 Å². The summed E-state index contributed by atoms with van der Waals surface area (Å²) >= 11 is 0. The van der Waals surface area contributed by atoms with Gasteiger partial charge in [0.25, 0.3) is 0 Å². The Hall–Kier alpha value is -1.75. The van der Waals surface area contributed by atoms with E-state index in [-0.39, 0.29) is 0 Å². The fourth-order valence-corrected chi connectivity index (χ4v) is 3.30. The van der Waals surface area contributed by atoms with Gasteiger partial charge >= 0.3 is 0 Å². The van der Waals surface area contributed by atoms with Crippen molar-refractivity contribution in [3.63, 3.8) is 0 Å². The number of methoxy groups -OCH3 is 1. The Labute approximate surface area is 146 Å². The van der Waals surface area contributed by atoms with Crippen LogP contribution in [0.5, 0.6) is 5.75 Å². The van der Waals surface area contributed by atoms with E-state index in [4.69, 9.17) is 4.74 Å². The predicted molar refractivity (Wildman–Crippen MR) is 101 cm³/mol. The first kappa shape index (κ1) is 18.6. The minimum atomic E-state index is 0.644. The average molecular weight is 332 g/mol. The van der Waals surface area contributed by atoms with Crippen LogP contribution in [0.2, 0.25) is 0 Å². The number of hydrogen-bond acceptors (Lipinski definition) is 3. The Balaban J connectivity index is 1.66. The number of aryl methyl sites for hydroxylation is 1. The van der Waals surface area contributed by atoms with Gasteiger partial charge in [-0.3, -0.25) is 9.89 Å². The first-order valence-electron chi connectivity index (χ1n) is 9.08. The van der Waals surface area contributed by atoms with E-state index in [2.05, 4.69) is 39.6 Å². The molecule has 1 aromatic rings. The van der Waals surface area contributed by atoms with Crippen molar-refractivity contribution in [2.75, 3.05) is 40.3 Å². The number of rotatable bonds is 8. The van der Waals surface area contributed by atoms with Gasteiger partial charge in [-0.15, -0.1) is 0 Å². The fourth-order valence-electron chi connectivity index (χ4n) is 3.30. The summed E-state index contributed by atoms with van der Waals surface area (Å²) in [7, 11) is 3.55. The lowest BCUT2D eigenvalue weighted by Crippen LogP contribution is -2.45. The zero-order valence-electron chi connectivity index (χ0n) is 15.3. The van der Waals surface area contributed by atoms with Crippen LogP contribution in [0.4, 0.5) is 0 Å². The topological polar surface area (TPSA) is 48.9 Å². The molecule has 2 N–H and O–H groups in total. The van der Waals surface area contributed by atoms with Gasteiger partial charge in [0.15, 0.2) is 5.96 Å². The zero-order chi connectivity index (χ0) is 17.2. The molecule has 1 heterocycles. The highest BCUT2D eigenvalue weighted by molar-refractivity contribution is 5.79. The maximum atomic E-state index is 5.27. The van der Waals surface area contributed by atoms with Crippen molar-refractivity contribution in [1.82, 2.24) is 15.5 Å². The first-order chi connectivity index (χ1) is 11.8. The van der Waals surface area contributed by atoms with E-state index in [0.717, 1.165) is 44.2 Å². The highest BCUT2D eigenvalue weighted by Crippen LogP contribution is 2.15. The third-order valence-corrected chi connectivity index (χ3v) is 4.70. The molecule has 1 aliphatic rings. The second-order valence-corrected chi connectivity index (χ2v) is 6.26. The van der Waals surface area contributed by atoms with Gasteiger partial charge in [-0.05, 0) is 56.5 Å². The van der Waals surface area contributed by atoms with Gasteiger partial charge in [-0.1, -0.05) is 19.1 Å². The molecule has 0 spiro atoms. The van der Waals surface area contributed by atoms with Crippen LogP contribution >= 0.6 is 0 Å². The molecule has 2 rings (SSSR count). The van der Waals surface area contributed by atoms with Gasteiger partial charge in [0, 0.05) is 26.2 Å². The third-order valence-electron chi connectivity index (χ3n) is 4.70. The van der Waals surface area contributed by atoms with Crippen LogP contribution in [0.25, 0.3) is 0 Å². The van der Waals surface area contributed by atoms with Gasteiger partial charge in [-0.25, -0.2) is 0 Å². The Bertz CT molecular complexity index is 518. The highest BCUT2D eigenvalue weighted by Gasteiger charge is 2.22. The van der Waals surface area contributed by atoms with Crippen LogP contribution in [0.3, 0.4) is 0 Å². The van der Waals surface area contributed by atoms with Crippen LogP contribution in [0, 0.1) is 0 Å². The number of benzene rings is 1. The molecular formula is C19H32N4O. The number of hydrogen-bond donors (Lipinski definition) is 2. The van der Waals surface area contributed by atoms with E-state index in [0.29, 0.717) is 6.04 Å². The van der Waals surface area contributed by atoms with E-state index >= 15 is 0 Å². The van der Waals surface area contributed by atoms with Crippen molar-refractivity contribution in [2.24, 2.45) is 4.99 Å². The third kappa shape index (κ3) is 5.71. The monoisotopic (exact) mass is 332 g/mol. The molecule has 0 radical (unpaired) electrons. The van der Waals surface area contributed by atoms with E-state index in [1.807, 2.05) is 19.2 Å². The number of guanidine groups is 1. The maximum Gasteiger partial charge on any atom is 0.191 e. The number of likely N-dealkylation sites (tertiary alicyclic amines) is 1. The molecule has 1 unspecified atom stereocenters. The minimum Gasteiger partial charge on any atom is -0.497 e. The zero-order valence-corrected chi connectivity index (χ0v) is 15.3. The summed E-state index contributed by atoms with van der Waals surface area (Å²) < 4.78 is 5.27. The molecule has 1 aromatic carbocycles.